The summed E-state index contributed by atoms with van der Waals surface area (Å²) in [5.41, 5.74) is 0. The summed E-state index contributed by atoms with van der Waals surface area (Å²) in [5.74, 6) is 0.490. The van der Waals surface area contributed by atoms with Crippen LogP contribution in [0.25, 0.3) is 21.5 Å². The molecule has 3 aromatic rings. The van der Waals surface area contributed by atoms with Crippen LogP contribution in [0.15, 0.2) is 53.4 Å². The predicted molar refractivity (Wildman–Crippen MR) is 88.4 cm³/mol. The standard InChI is InChI=1S/C17H16O5S/c1-11(18)10-22-17-15-5-3-2-4-12(15)8-13-6-7-14(9-16(13)17)23(19,20)21/h2-9,11,18H,10H2,1H3,(H,19,20,21). The van der Waals surface area contributed by atoms with Crippen LogP contribution < -0.4 is 4.74 Å². The number of fused-ring (bicyclic) bond motifs is 2. The Bertz CT molecular complexity index is 977. The van der Waals surface area contributed by atoms with E-state index in [2.05, 4.69) is 0 Å². The predicted octanol–water partition coefficient (Wildman–Crippen LogP) is 3.00. The Hall–Kier alpha value is -2.15. The van der Waals surface area contributed by atoms with Gasteiger partial charge in [0.2, 0.25) is 0 Å². The zero-order valence-electron chi connectivity index (χ0n) is 12.4. The van der Waals surface area contributed by atoms with E-state index < -0.39 is 16.2 Å². The minimum absolute atomic E-state index is 0.0825. The van der Waals surface area contributed by atoms with Gasteiger partial charge in [-0.3, -0.25) is 4.55 Å². The van der Waals surface area contributed by atoms with Gasteiger partial charge in [-0.1, -0.05) is 30.3 Å². The van der Waals surface area contributed by atoms with E-state index in [1.807, 2.05) is 30.3 Å². The largest absolute Gasteiger partial charge is 0.490 e. The molecule has 0 spiro atoms. The minimum Gasteiger partial charge on any atom is -0.490 e. The third kappa shape index (κ3) is 3.14. The Morgan fingerprint density at radius 2 is 1.74 bits per heavy atom. The van der Waals surface area contributed by atoms with E-state index in [9.17, 15) is 18.1 Å². The monoisotopic (exact) mass is 332 g/mol. The molecule has 0 aliphatic rings. The first-order chi connectivity index (χ1) is 10.9. The molecule has 120 valence electrons. The molecule has 0 heterocycles. The second-order valence-corrected chi connectivity index (χ2v) is 6.87. The number of hydrogen-bond donors (Lipinski definition) is 2. The van der Waals surface area contributed by atoms with Gasteiger partial charge >= 0.3 is 0 Å². The van der Waals surface area contributed by atoms with Crippen molar-refractivity contribution in [2.24, 2.45) is 0 Å². The van der Waals surface area contributed by atoms with E-state index in [1.54, 1.807) is 13.0 Å². The van der Waals surface area contributed by atoms with Gasteiger partial charge in [0, 0.05) is 10.8 Å². The smallest absolute Gasteiger partial charge is 0.294 e. The topological polar surface area (TPSA) is 83.8 Å². The van der Waals surface area contributed by atoms with Gasteiger partial charge in [-0.05, 0) is 35.9 Å². The van der Waals surface area contributed by atoms with Crippen LogP contribution in [0.5, 0.6) is 5.75 Å². The molecule has 0 saturated heterocycles. The van der Waals surface area contributed by atoms with Crippen molar-refractivity contribution >= 4 is 31.7 Å². The zero-order chi connectivity index (χ0) is 16.6. The van der Waals surface area contributed by atoms with E-state index in [4.69, 9.17) is 4.74 Å². The number of hydrogen-bond acceptors (Lipinski definition) is 4. The lowest BCUT2D eigenvalue weighted by Gasteiger charge is -2.14. The normalized spacial score (nSPS) is 13.3. The molecule has 0 aliphatic heterocycles. The second kappa shape index (κ2) is 5.81. The summed E-state index contributed by atoms with van der Waals surface area (Å²) in [6.45, 7) is 1.69. The quantitative estimate of drug-likeness (QED) is 0.567. The van der Waals surface area contributed by atoms with E-state index in [-0.39, 0.29) is 11.5 Å². The molecule has 1 unspecified atom stereocenters. The summed E-state index contributed by atoms with van der Waals surface area (Å²) in [6.07, 6.45) is -0.659. The van der Waals surface area contributed by atoms with Crippen LogP contribution in [0.4, 0.5) is 0 Å². The van der Waals surface area contributed by atoms with Gasteiger partial charge in [-0.15, -0.1) is 0 Å². The summed E-state index contributed by atoms with van der Waals surface area (Å²) in [5, 5.41) is 12.6. The summed E-state index contributed by atoms with van der Waals surface area (Å²) in [4.78, 5) is -0.192. The minimum atomic E-state index is -4.30. The fourth-order valence-corrected chi connectivity index (χ4v) is 3.03. The summed E-state index contributed by atoms with van der Waals surface area (Å²) in [6, 6.07) is 13.8. The van der Waals surface area contributed by atoms with Crippen LogP contribution in [0, 0.1) is 0 Å². The van der Waals surface area contributed by atoms with E-state index in [0.29, 0.717) is 11.1 Å². The molecule has 0 aromatic heterocycles. The molecule has 5 nitrogen and oxygen atoms in total. The Labute approximate surface area is 133 Å². The molecule has 1 atom stereocenters. The fraction of sp³-hybridized carbons (Fsp3) is 0.176. The van der Waals surface area contributed by atoms with Gasteiger partial charge in [0.1, 0.15) is 12.4 Å². The molecule has 3 aromatic carbocycles. The number of benzene rings is 3. The first kappa shape index (κ1) is 15.7. The molecule has 6 heteroatoms. The number of aliphatic hydroxyl groups excluding tert-OH is 1. The summed E-state index contributed by atoms with van der Waals surface area (Å²) < 4.78 is 37.8. The van der Waals surface area contributed by atoms with Gasteiger partial charge in [-0.25, -0.2) is 0 Å². The molecule has 2 N–H and O–H groups in total. The molecule has 0 radical (unpaired) electrons. The van der Waals surface area contributed by atoms with Gasteiger partial charge in [0.25, 0.3) is 10.1 Å². The van der Waals surface area contributed by atoms with Gasteiger partial charge in [0.15, 0.2) is 0 Å². The lowest BCUT2D eigenvalue weighted by atomic mass is 10.0. The zero-order valence-corrected chi connectivity index (χ0v) is 13.2. The SMILES string of the molecule is CC(O)COc1c2ccccc2cc2ccc(S(=O)(=O)O)cc12. The lowest BCUT2D eigenvalue weighted by molar-refractivity contribution is 0.124. The number of aliphatic hydroxyl groups is 1. The van der Waals surface area contributed by atoms with E-state index >= 15 is 0 Å². The van der Waals surface area contributed by atoms with Crippen molar-refractivity contribution in [2.75, 3.05) is 6.61 Å². The Morgan fingerprint density at radius 3 is 2.43 bits per heavy atom. The Kier molecular flexibility index (Phi) is 3.97. The van der Waals surface area contributed by atoms with Crippen molar-refractivity contribution in [1.29, 1.82) is 0 Å². The van der Waals surface area contributed by atoms with Crippen molar-refractivity contribution in [3.63, 3.8) is 0 Å². The van der Waals surface area contributed by atoms with Crippen LogP contribution in [0.2, 0.25) is 0 Å². The molecule has 0 saturated carbocycles. The first-order valence-electron chi connectivity index (χ1n) is 7.10. The molecular weight excluding hydrogens is 316 g/mol. The highest BCUT2D eigenvalue weighted by Gasteiger charge is 2.15. The average molecular weight is 332 g/mol. The molecule has 0 fully saturated rings. The third-order valence-corrected chi connectivity index (χ3v) is 4.40. The average Bonchev–Trinajstić information content (AvgIpc) is 2.49. The molecule has 23 heavy (non-hydrogen) atoms. The first-order valence-corrected chi connectivity index (χ1v) is 8.54. The summed E-state index contributed by atoms with van der Waals surface area (Å²) >= 11 is 0. The Morgan fingerprint density at radius 1 is 1.04 bits per heavy atom. The third-order valence-electron chi connectivity index (χ3n) is 3.55. The van der Waals surface area contributed by atoms with Crippen molar-refractivity contribution in [1.82, 2.24) is 0 Å². The Balaban J connectivity index is 2.33. The lowest BCUT2D eigenvalue weighted by Crippen LogP contribution is -2.13. The van der Waals surface area contributed by atoms with Gasteiger partial charge < -0.3 is 9.84 Å². The molecule has 0 amide bonds. The molecule has 0 aliphatic carbocycles. The van der Waals surface area contributed by atoms with E-state index in [1.165, 1.54) is 12.1 Å². The fourth-order valence-electron chi connectivity index (χ4n) is 2.52. The number of rotatable bonds is 4. The van der Waals surface area contributed by atoms with Crippen LogP contribution >= 0.6 is 0 Å². The molecule has 3 rings (SSSR count). The second-order valence-electron chi connectivity index (χ2n) is 5.44. The maximum Gasteiger partial charge on any atom is 0.294 e. The van der Waals surface area contributed by atoms with Gasteiger partial charge in [0.05, 0.1) is 11.0 Å². The molecule has 0 bridgehead atoms. The van der Waals surface area contributed by atoms with Crippen LogP contribution in [-0.2, 0) is 10.1 Å². The van der Waals surface area contributed by atoms with Crippen molar-refractivity contribution in [2.45, 2.75) is 17.9 Å². The highest BCUT2D eigenvalue weighted by Crippen LogP contribution is 2.36. The van der Waals surface area contributed by atoms with Crippen molar-refractivity contribution in [3.05, 3.63) is 48.5 Å². The maximum absolute atomic E-state index is 11.4. The van der Waals surface area contributed by atoms with Crippen LogP contribution in [-0.4, -0.2) is 30.8 Å². The van der Waals surface area contributed by atoms with Crippen LogP contribution in [0.1, 0.15) is 6.92 Å². The van der Waals surface area contributed by atoms with Crippen molar-refractivity contribution < 1.29 is 22.8 Å². The maximum atomic E-state index is 11.4. The highest BCUT2D eigenvalue weighted by molar-refractivity contribution is 7.85. The van der Waals surface area contributed by atoms with E-state index in [0.717, 1.165) is 16.2 Å². The highest BCUT2D eigenvalue weighted by atomic mass is 32.2. The van der Waals surface area contributed by atoms with Crippen LogP contribution in [0.3, 0.4) is 0 Å². The van der Waals surface area contributed by atoms with Crippen molar-refractivity contribution in [3.8, 4) is 5.75 Å². The molecular formula is C17H16O5S. The van der Waals surface area contributed by atoms with Gasteiger partial charge in [-0.2, -0.15) is 8.42 Å². The summed E-state index contributed by atoms with van der Waals surface area (Å²) in [7, 11) is -4.30. The number of ether oxygens (including phenoxy) is 1.